The van der Waals surface area contributed by atoms with E-state index in [1.807, 2.05) is 0 Å². The van der Waals surface area contributed by atoms with Gasteiger partial charge >= 0.3 is 5.97 Å². The molecule has 0 saturated carbocycles. The van der Waals surface area contributed by atoms with Crippen LogP contribution in [-0.4, -0.2) is 72.3 Å². The zero-order valence-corrected chi connectivity index (χ0v) is 19.9. The van der Waals surface area contributed by atoms with Gasteiger partial charge in [-0.1, -0.05) is 23.9 Å². The number of aromatic nitrogens is 4. The Kier molecular flexibility index (Phi) is 7.09. The molecule has 2 aliphatic rings. The fourth-order valence-corrected chi connectivity index (χ4v) is 6.14. The molecule has 180 valence electrons. The highest BCUT2D eigenvalue weighted by molar-refractivity contribution is 8.06. The van der Waals surface area contributed by atoms with Crippen LogP contribution in [0.3, 0.4) is 0 Å². The third-order valence-electron chi connectivity index (χ3n) is 5.23. The monoisotopic (exact) mass is 506 g/mol. The Morgan fingerprint density at radius 2 is 2.06 bits per heavy atom. The molecule has 0 aliphatic carbocycles. The van der Waals surface area contributed by atoms with Crippen molar-refractivity contribution in [2.45, 2.75) is 36.7 Å². The summed E-state index contributed by atoms with van der Waals surface area (Å²) in [5.41, 5.74) is 6.12. The summed E-state index contributed by atoms with van der Waals surface area (Å²) in [6, 6.07) is 7.07. The van der Waals surface area contributed by atoms with E-state index >= 15 is 0 Å². The Morgan fingerprint density at radius 3 is 2.71 bits per heavy atom. The fourth-order valence-electron chi connectivity index (χ4n) is 3.56. The first-order valence-corrected chi connectivity index (χ1v) is 12.0. The number of nitrogens with zero attached hydrogens (tertiary/aromatic N) is 5. The van der Waals surface area contributed by atoms with E-state index in [4.69, 9.17) is 15.2 Å². The maximum Gasteiger partial charge on any atom is 0.356 e. The molecule has 1 fully saturated rings. The molecule has 4 rings (SSSR count). The number of carbonyl (C=O) groups is 3. The number of fused-ring (bicyclic) bond motifs is 1. The van der Waals surface area contributed by atoms with E-state index in [2.05, 4.69) is 15.5 Å². The number of hydrogen-bond donors (Lipinski definition) is 2. The molecule has 1 aromatic heterocycles. The standard InChI is InChI=1S/C20H22N6O6S2/c1-10(27)15-17(29)26-16(19(30)32-8-11-3-5-12(31-2)6-4-11)13(34-18(15)26)9-33-20-22-23-24-25(20)7-14(21)28/h3-6,10,15,18,27H,7-9H2,1-2H3,(H2,21,28)/t10-,15?,18-/m1/s1. The van der Waals surface area contributed by atoms with Crippen LogP contribution in [0.1, 0.15) is 12.5 Å². The first-order chi connectivity index (χ1) is 16.3. The number of methoxy groups -OCH3 is 1. The van der Waals surface area contributed by atoms with Gasteiger partial charge in [0, 0.05) is 10.7 Å². The molecule has 3 heterocycles. The quantitative estimate of drug-likeness (QED) is 0.256. The van der Waals surface area contributed by atoms with Gasteiger partial charge in [0.25, 0.3) is 0 Å². The lowest BCUT2D eigenvalue weighted by Crippen LogP contribution is -2.60. The van der Waals surface area contributed by atoms with Crippen LogP contribution >= 0.6 is 23.5 Å². The maximum atomic E-state index is 13.0. The Labute approximate surface area is 202 Å². The van der Waals surface area contributed by atoms with Crippen LogP contribution < -0.4 is 10.5 Å². The van der Waals surface area contributed by atoms with E-state index in [-0.39, 0.29) is 30.5 Å². The summed E-state index contributed by atoms with van der Waals surface area (Å²) < 4.78 is 11.9. The summed E-state index contributed by atoms with van der Waals surface area (Å²) in [7, 11) is 1.56. The lowest BCUT2D eigenvalue weighted by molar-refractivity contribution is -0.158. The van der Waals surface area contributed by atoms with E-state index in [0.29, 0.717) is 15.8 Å². The number of tetrazole rings is 1. The third kappa shape index (κ3) is 4.74. The van der Waals surface area contributed by atoms with Crippen molar-refractivity contribution in [1.82, 2.24) is 25.1 Å². The molecule has 12 nitrogen and oxygen atoms in total. The Bertz CT molecular complexity index is 1130. The van der Waals surface area contributed by atoms with Crippen LogP contribution in [0.15, 0.2) is 40.0 Å². The van der Waals surface area contributed by atoms with E-state index in [1.165, 1.54) is 33.1 Å². The number of carbonyl (C=O) groups excluding carboxylic acids is 3. The number of aliphatic hydroxyl groups is 1. The number of primary amides is 1. The van der Waals surface area contributed by atoms with Crippen molar-refractivity contribution in [2.75, 3.05) is 12.9 Å². The van der Waals surface area contributed by atoms with Gasteiger partial charge in [-0.15, -0.1) is 16.9 Å². The van der Waals surface area contributed by atoms with Gasteiger partial charge in [0.15, 0.2) is 0 Å². The van der Waals surface area contributed by atoms with E-state index in [0.717, 1.165) is 5.56 Å². The van der Waals surface area contributed by atoms with Crippen molar-refractivity contribution < 1.29 is 29.0 Å². The van der Waals surface area contributed by atoms with Gasteiger partial charge in [-0.25, -0.2) is 9.48 Å². The largest absolute Gasteiger partial charge is 0.497 e. The number of rotatable bonds is 10. The highest BCUT2D eigenvalue weighted by Crippen LogP contribution is 2.51. The van der Waals surface area contributed by atoms with E-state index < -0.39 is 29.3 Å². The molecule has 2 aliphatic heterocycles. The predicted octanol–water partition coefficient (Wildman–Crippen LogP) is 0.126. The Balaban J connectivity index is 1.51. The summed E-state index contributed by atoms with van der Waals surface area (Å²) in [5, 5.41) is 21.1. The fraction of sp³-hybridized carbons (Fsp3) is 0.400. The zero-order chi connectivity index (χ0) is 24.4. The highest BCUT2D eigenvalue weighted by Gasteiger charge is 2.57. The number of β-lactam (4-membered cyclic amide) rings is 1. The van der Waals surface area contributed by atoms with Crippen molar-refractivity contribution in [3.8, 4) is 5.75 Å². The van der Waals surface area contributed by atoms with Gasteiger partial charge in [-0.2, -0.15) is 0 Å². The van der Waals surface area contributed by atoms with Gasteiger partial charge in [0.05, 0.1) is 19.1 Å². The predicted molar refractivity (Wildman–Crippen MR) is 121 cm³/mol. The van der Waals surface area contributed by atoms with Crippen LogP contribution in [0.5, 0.6) is 5.75 Å². The highest BCUT2D eigenvalue weighted by atomic mass is 32.2. The third-order valence-corrected chi connectivity index (χ3v) is 7.77. The molecule has 2 amide bonds. The first kappa shape index (κ1) is 24.0. The van der Waals surface area contributed by atoms with E-state index in [9.17, 15) is 19.5 Å². The minimum Gasteiger partial charge on any atom is -0.497 e. The zero-order valence-electron chi connectivity index (χ0n) is 18.3. The Morgan fingerprint density at radius 1 is 1.32 bits per heavy atom. The molecular formula is C20H22N6O6S2. The summed E-state index contributed by atoms with van der Waals surface area (Å²) >= 11 is 2.52. The molecule has 0 radical (unpaired) electrons. The van der Waals surface area contributed by atoms with Gasteiger partial charge in [-0.3, -0.25) is 14.5 Å². The number of aliphatic hydroxyl groups excluding tert-OH is 1. The summed E-state index contributed by atoms with van der Waals surface area (Å²) in [6.07, 6.45) is -0.854. The summed E-state index contributed by atoms with van der Waals surface area (Å²) in [6.45, 7) is 1.38. The van der Waals surface area contributed by atoms with Crippen LogP contribution in [0, 0.1) is 5.92 Å². The first-order valence-electron chi connectivity index (χ1n) is 10.2. The van der Waals surface area contributed by atoms with Crippen LogP contribution in [0.4, 0.5) is 0 Å². The second-order valence-corrected chi connectivity index (χ2v) is 9.71. The minimum absolute atomic E-state index is 0.0147. The average molecular weight is 507 g/mol. The number of amides is 2. The van der Waals surface area contributed by atoms with Crippen LogP contribution in [0.25, 0.3) is 0 Å². The number of nitrogens with two attached hydrogens (primary N) is 1. The SMILES string of the molecule is COc1ccc(COC(=O)C2=C(CSc3nnnn3CC(N)=O)S[C@@H]3C([C@@H](C)O)C(=O)N23)cc1. The van der Waals surface area contributed by atoms with Crippen molar-refractivity contribution in [1.29, 1.82) is 0 Å². The molecule has 1 saturated heterocycles. The van der Waals surface area contributed by atoms with Crippen molar-refractivity contribution in [2.24, 2.45) is 11.7 Å². The molecule has 3 atom stereocenters. The molecule has 1 aromatic carbocycles. The van der Waals surface area contributed by atoms with Gasteiger partial charge in [0.2, 0.25) is 17.0 Å². The maximum absolute atomic E-state index is 13.0. The normalized spacial score (nSPS) is 20.1. The number of hydrogen-bond acceptors (Lipinski definition) is 11. The van der Waals surface area contributed by atoms with E-state index in [1.54, 1.807) is 38.3 Å². The van der Waals surface area contributed by atoms with Crippen LogP contribution in [-0.2, 0) is 32.3 Å². The van der Waals surface area contributed by atoms with Gasteiger partial charge in [0.1, 0.15) is 30.0 Å². The molecular weight excluding hydrogens is 484 g/mol. The lowest BCUT2D eigenvalue weighted by atomic mass is 9.92. The summed E-state index contributed by atoms with van der Waals surface area (Å²) in [4.78, 5) is 38.9. The number of esters is 1. The molecule has 1 unspecified atom stereocenters. The Hall–Kier alpha value is -3.10. The number of thioether (sulfide) groups is 2. The second kappa shape index (κ2) is 10.0. The molecule has 0 spiro atoms. The topological polar surface area (TPSA) is 163 Å². The second-order valence-electron chi connectivity index (χ2n) is 7.55. The number of benzene rings is 1. The van der Waals surface area contributed by atoms with Crippen molar-refractivity contribution >= 4 is 41.3 Å². The summed E-state index contributed by atoms with van der Waals surface area (Å²) in [5.74, 6) is -1.25. The molecule has 34 heavy (non-hydrogen) atoms. The van der Waals surface area contributed by atoms with Crippen molar-refractivity contribution in [3.63, 3.8) is 0 Å². The van der Waals surface area contributed by atoms with Gasteiger partial charge < -0.3 is 20.3 Å². The molecule has 3 N–H and O–H groups in total. The smallest absolute Gasteiger partial charge is 0.356 e. The van der Waals surface area contributed by atoms with Gasteiger partial charge in [-0.05, 0) is 35.0 Å². The molecule has 0 bridgehead atoms. The van der Waals surface area contributed by atoms with Crippen LogP contribution in [0.2, 0.25) is 0 Å². The molecule has 14 heteroatoms. The van der Waals surface area contributed by atoms with Crippen molar-refractivity contribution in [3.05, 3.63) is 40.4 Å². The molecule has 2 aromatic rings. The minimum atomic E-state index is -0.854. The average Bonchev–Trinajstić information content (AvgIpc) is 3.37. The number of ether oxygens (including phenoxy) is 2. The lowest BCUT2D eigenvalue weighted by Gasteiger charge is -2.43.